The van der Waals surface area contributed by atoms with E-state index in [9.17, 15) is 9.59 Å². The smallest absolute Gasteiger partial charge is 0.338 e. The molecule has 15 nitrogen and oxygen atoms in total. The van der Waals surface area contributed by atoms with Crippen LogP contribution in [-0.4, -0.2) is 163 Å². The van der Waals surface area contributed by atoms with Gasteiger partial charge in [0.2, 0.25) is 0 Å². The quantitative estimate of drug-likeness (QED) is 0.0763. The zero-order valence-electron chi connectivity index (χ0n) is 32.7. The predicted octanol–water partition coefficient (Wildman–Crippen LogP) is 3.95. The van der Waals surface area contributed by atoms with Crippen molar-refractivity contribution in [3.05, 3.63) is 29.8 Å². The fourth-order valence-corrected chi connectivity index (χ4v) is 4.04. The molecule has 0 aliphatic heterocycles. The zero-order chi connectivity index (χ0) is 38.5. The number of ether oxygens (including phenoxy) is 12. The maximum Gasteiger partial charge on any atom is 0.338 e. The lowest BCUT2D eigenvalue weighted by Gasteiger charge is -2.19. The van der Waals surface area contributed by atoms with Crippen molar-refractivity contribution >= 4 is 17.6 Å². The Bertz CT molecular complexity index is 977. The van der Waals surface area contributed by atoms with Gasteiger partial charge < -0.3 is 62.2 Å². The molecule has 1 rings (SSSR count). The van der Waals surface area contributed by atoms with Crippen molar-refractivity contribution in [1.82, 2.24) is 0 Å². The molecule has 0 heterocycles. The van der Waals surface area contributed by atoms with Crippen molar-refractivity contribution in [2.75, 3.05) is 151 Å². The van der Waals surface area contributed by atoms with Crippen molar-refractivity contribution in [2.24, 2.45) is 0 Å². The first-order valence-corrected chi connectivity index (χ1v) is 18.8. The van der Waals surface area contributed by atoms with Crippen LogP contribution in [0, 0.1) is 0 Å². The van der Waals surface area contributed by atoms with Crippen molar-refractivity contribution in [2.45, 2.75) is 52.6 Å². The van der Waals surface area contributed by atoms with Crippen LogP contribution in [0.2, 0.25) is 0 Å². The summed E-state index contributed by atoms with van der Waals surface area (Å²) in [5, 5.41) is 3.32. The summed E-state index contributed by atoms with van der Waals surface area (Å²) in [6.45, 7) is 17.7. The Morgan fingerprint density at radius 3 is 1.19 bits per heavy atom. The van der Waals surface area contributed by atoms with Crippen LogP contribution < -0.4 is 5.32 Å². The summed E-state index contributed by atoms with van der Waals surface area (Å²) >= 11 is 0. The topological polar surface area (TPSA) is 157 Å². The average Bonchev–Trinajstić information content (AvgIpc) is 3.13. The van der Waals surface area contributed by atoms with Crippen LogP contribution in [0.25, 0.3) is 0 Å². The van der Waals surface area contributed by atoms with E-state index in [0.717, 1.165) is 25.1 Å². The van der Waals surface area contributed by atoms with Gasteiger partial charge >= 0.3 is 11.9 Å². The third-order valence-electron chi connectivity index (χ3n) is 6.66. The summed E-state index contributed by atoms with van der Waals surface area (Å²) in [6, 6.07) is 7.28. The summed E-state index contributed by atoms with van der Waals surface area (Å²) in [6.07, 6.45) is 2.46. The molecular formula is C38H67NO14. The highest BCUT2D eigenvalue weighted by Gasteiger charge is 2.15. The Hall–Kier alpha value is -2.44. The molecule has 308 valence electrons. The molecule has 1 N–H and O–H groups in total. The standard InChI is InChI=1S/C38H67NO14/c1-5-6-12-39-35-9-7-34(8-10-35)37(41)52-33-32-51-31-30-50-29-28-49-27-26-48-25-24-47-23-22-46-21-20-45-19-18-44-17-16-43-15-14-42-13-11-36(40)53-38(2,3)4/h7-10,39H,5-6,11-33H2,1-4H3. The number of esters is 2. The summed E-state index contributed by atoms with van der Waals surface area (Å²) in [7, 11) is 0. The first-order valence-electron chi connectivity index (χ1n) is 18.8. The van der Waals surface area contributed by atoms with E-state index in [1.54, 1.807) is 12.1 Å². The van der Waals surface area contributed by atoms with E-state index in [-0.39, 0.29) is 25.0 Å². The number of nitrogens with one attached hydrogen (secondary N) is 1. The molecule has 0 atom stereocenters. The summed E-state index contributed by atoms with van der Waals surface area (Å²) in [5.41, 5.74) is 1.03. The predicted molar refractivity (Wildman–Crippen MR) is 199 cm³/mol. The van der Waals surface area contributed by atoms with Gasteiger partial charge in [0, 0.05) is 12.2 Å². The molecule has 0 bridgehead atoms. The molecule has 0 unspecified atom stereocenters. The van der Waals surface area contributed by atoms with Crippen molar-refractivity contribution in [3.8, 4) is 0 Å². The lowest BCUT2D eigenvalue weighted by Crippen LogP contribution is -2.24. The minimum absolute atomic E-state index is 0.185. The molecule has 0 saturated carbocycles. The SMILES string of the molecule is CCCCNc1ccc(C(=O)OCCOCCOCCOCCOCCOCCOCCOCCOCCOCCOCCC(=O)OC(C)(C)C)cc1. The van der Waals surface area contributed by atoms with E-state index < -0.39 is 5.60 Å². The highest BCUT2D eigenvalue weighted by molar-refractivity contribution is 5.89. The lowest BCUT2D eigenvalue weighted by atomic mass is 10.2. The van der Waals surface area contributed by atoms with Crippen LogP contribution in [0.5, 0.6) is 0 Å². The highest BCUT2D eigenvalue weighted by Crippen LogP contribution is 2.11. The number of carbonyl (C=O) groups excluding carboxylic acids is 2. The summed E-state index contributed by atoms with van der Waals surface area (Å²) in [4.78, 5) is 23.7. The molecular weight excluding hydrogens is 694 g/mol. The van der Waals surface area contributed by atoms with Gasteiger partial charge in [0.05, 0.1) is 144 Å². The number of anilines is 1. The maximum absolute atomic E-state index is 12.1. The Morgan fingerprint density at radius 1 is 0.509 bits per heavy atom. The van der Waals surface area contributed by atoms with Crippen molar-refractivity contribution in [3.63, 3.8) is 0 Å². The maximum atomic E-state index is 12.1. The molecule has 1 aromatic rings. The third-order valence-corrected chi connectivity index (χ3v) is 6.66. The van der Waals surface area contributed by atoms with Crippen LogP contribution >= 0.6 is 0 Å². The van der Waals surface area contributed by atoms with Gasteiger partial charge in [-0.15, -0.1) is 0 Å². The first-order chi connectivity index (χ1) is 25.8. The van der Waals surface area contributed by atoms with E-state index in [1.807, 2.05) is 32.9 Å². The third kappa shape index (κ3) is 33.8. The fraction of sp³-hybridized carbons (Fsp3) is 0.789. The molecule has 0 radical (unpaired) electrons. The Labute approximate surface area is 316 Å². The molecule has 0 spiro atoms. The minimum Gasteiger partial charge on any atom is -0.460 e. The second-order valence-electron chi connectivity index (χ2n) is 12.5. The van der Waals surface area contributed by atoms with Gasteiger partial charge in [-0.2, -0.15) is 0 Å². The lowest BCUT2D eigenvalue weighted by molar-refractivity contribution is -0.156. The van der Waals surface area contributed by atoms with Gasteiger partial charge in [-0.1, -0.05) is 13.3 Å². The van der Waals surface area contributed by atoms with E-state index in [1.165, 1.54) is 0 Å². The largest absolute Gasteiger partial charge is 0.460 e. The van der Waals surface area contributed by atoms with Gasteiger partial charge in [0.25, 0.3) is 0 Å². The van der Waals surface area contributed by atoms with Crippen molar-refractivity contribution < 1.29 is 66.4 Å². The molecule has 0 fully saturated rings. The van der Waals surface area contributed by atoms with Gasteiger partial charge in [0.15, 0.2) is 0 Å². The van der Waals surface area contributed by atoms with E-state index >= 15 is 0 Å². The zero-order valence-corrected chi connectivity index (χ0v) is 32.7. The van der Waals surface area contributed by atoms with Crippen LogP contribution in [0.3, 0.4) is 0 Å². The van der Waals surface area contributed by atoms with Crippen LogP contribution in [-0.2, 0) is 61.6 Å². The highest BCUT2D eigenvalue weighted by atomic mass is 16.6. The molecule has 0 aromatic heterocycles. The van der Waals surface area contributed by atoms with Crippen LogP contribution in [0.15, 0.2) is 24.3 Å². The van der Waals surface area contributed by atoms with Gasteiger partial charge in [-0.25, -0.2) is 4.79 Å². The van der Waals surface area contributed by atoms with Crippen molar-refractivity contribution in [1.29, 1.82) is 0 Å². The average molecular weight is 762 g/mol. The number of hydrogen-bond donors (Lipinski definition) is 1. The Balaban J connectivity index is 1.70. The fourth-order valence-electron chi connectivity index (χ4n) is 4.04. The van der Waals surface area contributed by atoms with E-state index in [0.29, 0.717) is 138 Å². The number of hydrogen-bond acceptors (Lipinski definition) is 15. The normalized spacial score (nSPS) is 11.5. The van der Waals surface area contributed by atoms with E-state index in [2.05, 4.69) is 12.2 Å². The number of rotatable bonds is 38. The minimum atomic E-state index is -0.479. The molecule has 0 amide bonds. The molecule has 0 saturated heterocycles. The second-order valence-corrected chi connectivity index (χ2v) is 12.5. The summed E-state index contributed by atoms with van der Waals surface area (Å²) in [5.74, 6) is -0.634. The van der Waals surface area contributed by atoms with Gasteiger partial charge in [0.1, 0.15) is 12.2 Å². The van der Waals surface area contributed by atoms with E-state index in [4.69, 9.17) is 56.8 Å². The molecule has 1 aromatic carbocycles. The number of unbranched alkanes of at least 4 members (excludes halogenated alkanes) is 1. The molecule has 0 aliphatic carbocycles. The monoisotopic (exact) mass is 761 g/mol. The van der Waals surface area contributed by atoms with Gasteiger partial charge in [-0.05, 0) is 51.5 Å². The Kier molecular flexibility index (Phi) is 32.3. The molecule has 15 heteroatoms. The first kappa shape index (κ1) is 48.6. The molecule has 0 aliphatic rings. The van der Waals surface area contributed by atoms with Crippen LogP contribution in [0.1, 0.15) is 57.3 Å². The number of benzene rings is 1. The Morgan fingerprint density at radius 2 is 0.849 bits per heavy atom. The number of carbonyl (C=O) groups is 2. The summed E-state index contributed by atoms with van der Waals surface area (Å²) < 4.78 is 65.0. The van der Waals surface area contributed by atoms with Gasteiger partial charge in [-0.3, -0.25) is 4.79 Å². The molecule has 53 heavy (non-hydrogen) atoms. The van der Waals surface area contributed by atoms with Crippen LogP contribution in [0.4, 0.5) is 5.69 Å². The second kappa shape index (κ2) is 35.3.